The fourth-order valence-corrected chi connectivity index (χ4v) is 1.78. The summed E-state index contributed by atoms with van der Waals surface area (Å²) in [5, 5.41) is 11.8. The van der Waals surface area contributed by atoms with Crippen LogP contribution in [0.15, 0.2) is 0 Å². The smallest absolute Gasteiger partial charge is 0.225 e. The van der Waals surface area contributed by atoms with Crippen molar-refractivity contribution < 1.29 is 14.6 Å². The normalized spacial score (nSPS) is 26.7. The molecule has 1 amide bonds. The van der Waals surface area contributed by atoms with Crippen molar-refractivity contribution in [2.24, 2.45) is 5.92 Å². The van der Waals surface area contributed by atoms with E-state index in [9.17, 15) is 4.79 Å². The predicted molar refractivity (Wildman–Crippen MR) is 57.4 cm³/mol. The number of amides is 1. The van der Waals surface area contributed by atoms with E-state index in [1.807, 2.05) is 20.8 Å². The van der Waals surface area contributed by atoms with Crippen LogP contribution in [0.3, 0.4) is 0 Å². The van der Waals surface area contributed by atoms with Gasteiger partial charge in [-0.3, -0.25) is 4.79 Å². The van der Waals surface area contributed by atoms with Gasteiger partial charge in [0.15, 0.2) is 0 Å². The van der Waals surface area contributed by atoms with Gasteiger partial charge in [0.05, 0.1) is 18.6 Å². The second kappa shape index (κ2) is 4.94. The number of carbonyl (C=O) groups excluding carboxylic acids is 1. The van der Waals surface area contributed by atoms with Crippen LogP contribution < -0.4 is 5.32 Å². The molecule has 0 aliphatic carbocycles. The van der Waals surface area contributed by atoms with E-state index in [0.717, 1.165) is 6.42 Å². The number of carbonyl (C=O) groups is 1. The number of rotatable bonds is 4. The Hall–Kier alpha value is -0.610. The maximum absolute atomic E-state index is 11.8. The van der Waals surface area contributed by atoms with Crippen molar-refractivity contribution in [2.75, 3.05) is 13.2 Å². The second-order valence-electron chi connectivity index (χ2n) is 4.92. The van der Waals surface area contributed by atoms with Crippen LogP contribution in [0.4, 0.5) is 0 Å². The lowest BCUT2D eigenvalue weighted by atomic mass is 9.98. The molecule has 4 heteroatoms. The molecular formula is C11H21NO3. The van der Waals surface area contributed by atoms with Crippen molar-refractivity contribution >= 4 is 5.91 Å². The van der Waals surface area contributed by atoms with Crippen LogP contribution in [0.2, 0.25) is 0 Å². The average Bonchev–Trinajstić information content (AvgIpc) is 2.50. The molecule has 0 saturated carbocycles. The number of ether oxygens (including phenoxy) is 1. The maximum Gasteiger partial charge on any atom is 0.225 e. The van der Waals surface area contributed by atoms with E-state index in [1.54, 1.807) is 0 Å². The number of aliphatic hydroxyl groups excluding tert-OH is 1. The summed E-state index contributed by atoms with van der Waals surface area (Å²) in [6.07, 6.45) is 1.55. The standard InChI is InChI=1S/C11H21NO3/c1-8-6-9(7-15-8)10(14)12-11(2,3)4-5-13/h8-9,13H,4-7H2,1-3H3,(H,12,14). The molecule has 0 aromatic heterocycles. The second-order valence-corrected chi connectivity index (χ2v) is 4.92. The van der Waals surface area contributed by atoms with Gasteiger partial charge >= 0.3 is 0 Å². The molecule has 1 fully saturated rings. The molecule has 1 heterocycles. The van der Waals surface area contributed by atoms with E-state index in [-0.39, 0.29) is 30.1 Å². The van der Waals surface area contributed by atoms with Crippen LogP contribution in [0, 0.1) is 5.92 Å². The molecule has 0 aromatic rings. The molecule has 2 unspecified atom stereocenters. The van der Waals surface area contributed by atoms with Crippen molar-refractivity contribution in [3.63, 3.8) is 0 Å². The van der Waals surface area contributed by atoms with E-state index < -0.39 is 0 Å². The summed E-state index contributed by atoms with van der Waals surface area (Å²) < 4.78 is 5.35. The minimum absolute atomic E-state index is 0.0297. The highest BCUT2D eigenvalue weighted by Crippen LogP contribution is 2.20. The molecule has 0 radical (unpaired) electrons. The molecule has 1 aliphatic rings. The van der Waals surface area contributed by atoms with Gasteiger partial charge in [-0.1, -0.05) is 0 Å². The largest absolute Gasteiger partial charge is 0.396 e. The molecule has 0 spiro atoms. The Morgan fingerprint density at radius 1 is 1.60 bits per heavy atom. The van der Waals surface area contributed by atoms with Gasteiger partial charge in [0, 0.05) is 12.1 Å². The van der Waals surface area contributed by atoms with E-state index in [1.165, 1.54) is 0 Å². The van der Waals surface area contributed by atoms with Gasteiger partial charge in [-0.2, -0.15) is 0 Å². The molecular weight excluding hydrogens is 194 g/mol. The van der Waals surface area contributed by atoms with Crippen LogP contribution in [-0.4, -0.2) is 35.9 Å². The SMILES string of the molecule is CC1CC(C(=O)NC(C)(C)CCO)CO1. The number of nitrogens with one attached hydrogen (secondary N) is 1. The Balaban J connectivity index is 2.41. The molecule has 2 N–H and O–H groups in total. The Morgan fingerprint density at radius 2 is 2.27 bits per heavy atom. The van der Waals surface area contributed by atoms with Gasteiger partial charge in [0.2, 0.25) is 5.91 Å². The minimum Gasteiger partial charge on any atom is -0.396 e. The Labute approximate surface area is 91.0 Å². The van der Waals surface area contributed by atoms with E-state index in [4.69, 9.17) is 9.84 Å². The van der Waals surface area contributed by atoms with Crippen molar-refractivity contribution in [3.8, 4) is 0 Å². The van der Waals surface area contributed by atoms with E-state index >= 15 is 0 Å². The third-order valence-corrected chi connectivity index (χ3v) is 2.77. The van der Waals surface area contributed by atoms with Gasteiger partial charge in [0.1, 0.15) is 0 Å². The lowest BCUT2D eigenvalue weighted by Gasteiger charge is -2.26. The number of hydrogen-bond acceptors (Lipinski definition) is 3. The van der Waals surface area contributed by atoms with Crippen LogP contribution in [0.25, 0.3) is 0 Å². The maximum atomic E-state index is 11.8. The average molecular weight is 215 g/mol. The number of hydrogen-bond donors (Lipinski definition) is 2. The zero-order valence-corrected chi connectivity index (χ0v) is 9.75. The first kappa shape index (κ1) is 12.5. The first-order valence-electron chi connectivity index (χ1n) is 5.49. The topological polar surface area (TPSA) is 58.6 Å². The Kier molecular flexibility index (Phi) is 4.11. The fraction of sp³-hybridized carbons (Fsp3) is 0.909. The van der Waals surface area contributed by atoms with E-state index in [0.29, 0.717) is 13.0 Å². The molecule has 0 bridgehead atoms. The monoisotopic (exact) mass is 215 g/mol. The molecule has 4 nitrogen and oxygen atoms in total. The Morgan fingerprint density at radius 3 is 2.73 bits per heavy atom. The van der Waals surface area contributed by atoms with Crippen LogP contribution in [-0.2, 0) is 9.53 Å². The highest BCUT2D eigenvalue weighted by molar-refractivity contribution is 5.79. The molecule has 0 aromatic carbocycles. The summed E-state index contributed by atoms with van der Waals surface area (Å²) in [6.45, 7) is 6.42. The molecule has 2 atom stereocenters. The summed E-state index contributed by atoms with van der Waals surface area (Å²) in [5.41, 5.74) is -0.336. The minimum atomic E-state index is -0.336. The van der Waals surface area contributed by atoms with Crippen LogP contribution in [0.1, 0.15) is 33.6 Å². The third-order valence-electron chi connectivity index (χ3n) is 2.77. The highest BCUT2D eigenvalue weighted by Gasteiger charge is 2.31. The third kappa shape index (κ3) is 3.80. The molecule has 15 heavy (non-hydrogen) atoms. The van der Waals surface area contributed by atoms with Gasteiger partial charge in [-0.05, 0) is 33.6 Å². The fourth-order valence-electron chi connectivity index (χ4n) is 1.78. The van der Waals surface area contributed by atoms with Crippen LogP contribution >= 0.6 is 0 Å². The molecule has 1 saturated heterocycles. The van der Waals surface area contributed by atoms with Gasteiger partial charge in [-0.15, -0.1) is 0 Å². The lowest BCUT2D eigenvalue weighted by Crippen LogP contribution is -2.46. The number of aliphatic hydroxyl groups is 1. The summed E-state index contributed by atoms with van der Waals surface area (Å²) in [6, 6.07) is 0. The molecule has 88 valence electrons. The summed E-state index contributed by atoms with van der Waals surface area (Å²) in [7, 11) is 0. The predicted octanol–water partition coefficient (Wildman–Crippen LogP) is 0.689. The van der Waals surface area contributed by atoms with Gasteiger partial charge < -0.3 is 15.2 Å². The first-order valence-corrected chi connectivity index (χ1v) is 5.49. The highest BCUT2D eigenvalue weighted by atomic mass is 16.5. The van der Waals surface area contributed by atoms with E-state index in [2.05, 4.69) is 5.32 Å². The first-order chi connectivity index (χ1) is 6.94. The molecule has 1 aliphatic heterocycles. The summed E-state index contributed by atoms with van der Waals surface area (Å²) in [5.74, 6) is 0.00997. The van der Waals surface area contributed by atoms with Crippen LogP contribution in [0.5, 0.6) is 0 Å². The van der Waals surface area contributed by atoms with Gasteiger partial charge in [-0.25, -0.2) is 0 Å². The Bertz CT molecular complexity index is 228. The lowest BCUT2D eigenvalue weighted by molar-refractivity contribution is -0.126. The van der Waals surface area contributed by atoms with Crippen molar-refractivity contribution in [3.05, 3.63) is 0 Å². The van der Waals surface area contributed by atoms with Crippen molar-refractivity contribution in [1.82, 2.24) is 5.32 Å². The van der Waals surface area contributed by atoms with Gasteiger partial charge in [0.25, 0.3) is 0 Å². The quantitative estimate of drug-likeness (QED) is 0.725. The molecule has 1 rings (SSSR count). The zero-order chi connectivity index (χ0) is 11.5. The zero-order valence-electron chi connectivity index (χ0n) is 9.75. The summed E-state index contributed by atoms with van der Waals surface area (Å²) in [4.78, 5) is 11.8. The summed E-state index contributed by atoms with van der Waals surface area (Å²) >= 11 is 0. The van der Waals surface area contributed by atoms with Crippen molar-refractivity contribution in [2.45, 2.75) is 45.3 Å². The van der Waals surface area contributed by atoms with Crippen molar-refractivity contribution in [1.29, 1.82) is 0 Å².